The lowest BCUT2D eigenvalue weighted by molar-refractivity contribution is -0.305. The van der Waals surface area contributed by atoms with Crippen LogP contribution < -0.4 is 14.6 Å². The van der Waals surface area contributed by atoms with Crippen LogP contribution in [0.5, 0.6) is 11.5 Å². The average Bonchev–Trinajstić information content (AvgIpc) is 2.70. The zero-order chi connectivity index (χ0) is 20.9. The Morgan fingerprint density at radius 3 is 2.28 bits per heavy atom. The Bertz CT molecular complexity index is 1090. The predicted molar refractivity (Wildman–Crippen MR) is 108 cm³/mol. The molecule has 0 aliphatic carbocycles. The van der Waals surface area contributed by atoms with Crippen molar-refractivity contribution in [1.29, 1.82) is 0 Å². The van der Waals surface area contributed by atoms with Crippen LogP contribution in [0.2, 0.25) is 0 Å². The van der Waals surface area contributed by atoms with Crippen molar-refractivity contribution in [1.82, 2.24) is 0 Å². The summed E-state index contributed by atoms with van der Waals surface area (Å²) in [5.74, 6) is -0.168. The number of carboxylic acids is 1. The van der Waals surface area contributed by atoms with E-state index in [1.54, 1.807) is 36.4 Å². The molecule has 0 bridgehead atoms. The number of para-hydroxylation sites is 2. The van der Waals surface area contributed by atoms with Crippen LogP contribution in [0.1, 0.15) is 17.5 Å². The average molecular weight is 410 g/mol. The number of nitrogens with one attached hydrogen (secondary N) is 1. The van der Waals surface area contributed by atoms with Crippen LogP contribution in [0.15, 0.2) is 77.7 Å². The second-order valence-corrected chi connectivity index (χ2v) is 8.22. The summed E-state index contributed by atoms with van der Waals surface area (Å²) in [6, 6.07) is 20.3. The number of anilines is 1. The maximum Gasteiger partial charge on any atom is 0.262 e. The number of aliphatic carboxylic acids is 1. The molecule has 0 radical (unpaired) electrons. The van der Waals surface area contributed by atoms with E-state index in [1.165, 1.54) is 12.1 Å². The van der Waals surface area contributed by atoms with Gasteiger partial charge in [0.15, 0.2) is 5.75 Å². The van der Waals surface area contributed by atoms with E-state index in [0.29, 0.717) is 17.2 Å². The molecule has 0 aliphatic heterocycles. The third-order valence-electron chi connectivity index (χ3n) is 4.23. The van der Waals surface area contributed by atoms with Crippen LogP contribution in [-0.4, -0.2) is 14.4 Å². The van der Waals surface area contributed by atoms with Crippen molar-refractivity contribution in [3.05, 3.63) is 83.9 Å². The Kier molecular flexibility index (Phi) is 6.19. The fraction of sp³-hybridized carbons (Fsp3) is 0.136. The third-order valence-corrected chi connectivity index (χ3v) is 5.61. The van der Waals surface area contributed by atoms with Crippen LogP contribution in [0.25, 0.3) is 0 Å². The van der Waals surface area contributed by atoms with E-state index < -0.39 is 16.0 Å². The highest BCUT2D eigenvalue weighted by Gasteiger charge is 2.17. The Morgan fingerprint density at radius 2 is 1.62 bits per heavy atom. The normalized spacial score (nSPS) is 11.1. The molecule has 6 nitrogen and oxygen atoms in total. The zero-order valence-electron chi connectivity index (χ0n) is 15.8. The number of carboxylic acid groups (broad SMARTS) is 1. The summed E-state index contributed by atoms with van der Waals surface area (Å²) in [7, 11) is -3.84. The first-order chi connectivity index (χ1) is 13.8. The van der Waals surface area contributed by atoms with Gasteiger partial charge in [-0.15, -0.1) is 0 Å². The van der Waals surface area contributed by atoms with Gasteiger partial charge >= 0.3 is 0 Å². The van der Waals surface area contributed by atoms with Crippen LogP contribution in [0.4, 0.5) is 5.69 Å². The van der Waals surface area contributed by atoms with Gasteiger partial charge in [0.25, 0.3) is 10.0 Å². The van der Waals surface area contributed by atoms with Crippen molar-refractivity contribution in [2.45, 2.75) is 24.7 Å². The van der Waals surface area contributed by atoms with Gasteiger partial charge in [-0.25, -0.2) is 8.42 Å². The van der Waals surface area contributed by atoms with E-state index in [2.05, 4.69) is 4.72 Å². The zero-order valence-corrected chi connectivity index (χ0v) is 16.6. The number of ether oxygens (including phenoxy) is 1. The van der Waals surface area contributed by atoms with Crippen LogP contribution in [-0.2, 0) is 21.2 Å². The van der Waals surface area contributed by atoms with Gasteiger partial charge in [-0.3, -0.25) is 4.72 Å². The number of aryl methyl sites for hydroxylation is 2. The maximum absolute atomic E-state index is 12.8. The summed E-state index contributed by atoms with van der Waals surface area (Å²) in [5, 5.41) is 10.6. The topological polar surface area (TPSA) is 95.5 Å². The lowest BCUT2D eigenvalue weighted by Gasteiger charge is -2.14. The molecule has 150 valence electrons. The number of benzene rings is 3. The highest BCUT2D eigenvalue weighted by atomic mass is 32.2. The van der Waals surface area contributed by atoms with E-state index in [4.69, 9.17) is 4.74 Å². The summed E-state index contributed by atoms with van der Waals surface area (Å²) in [6.07, 6.45) is 0.164. The second kappa shape index (κ2) is 8.79. The fourth-order valence-electron chi connectivity index (χ4n) is 2.66. The van der Waals surface area contributed by atoms with Gasteiger partial charge in [0.05, 0.1) is 10.6 Å². The molecule has 3 rings (SSSR count). The van der Waals surface area contributed by atoms with Gasteiger partial charge in [-0.2, -0.15) is 0 Å². The quantitative estimate of drug-likeness (QED) is 0.615. The Balaban J connectivity index is 1.78. The Labute approximate surface area is 169 Å². The molecule has 1 N–H and O–H groups in total. The molecule has 0 saturated heterocycles. The molecular formula is C22H20NO5S-. The summed E-state index contributed by atoms with van der Waals surface area (Å²) in [4.78, 5) is 10.6. The fourth-order valence-corrected chi connectivity index (χ4v) is 3.73. The SMILES string of the molecule is Cc1ccc(Oc2ccccc2NS(=O)(=O)c2ccc(CCC(=O)[O-])cc2)cc1. The standard InChI is InChI=1S/C22H21NO5S/c1-16-6-11-18(12-7-16)28-21-5-3-2-4-20(21)23-29(26,27)19-13-8-17(9-14-19)10-15-22(24)25/h2-9,11-14,23H,10,15H2,1H3,(H,24,25)/p-1. The minimum atomic E-state index is -3.84. The number of carbonyl (C=O) groups excluding carboxylic acids is 1. The number of carbonyl (C=O) groups is 1. The maximum atomic E-state index is 12.8. The smallest absolute Gasteiger partial charge is 0.262 e. The first kappa shape index (κ1) is 20.4. The molecule has 0 aliphatic rings. The number of hydrogen-bond acceptors (Lipinski definition) is 5. The molecule has 0 spiro atoms. The number of rotatable bonds is 8. The van der Waals surface area contributed by atoms with Crippen LogP contribution >= 0.6 is 0 Å². The molecule has 0 saturated carbocycles. The predicted octanol–water partition coefficient (Wildman–Crippen LogP) is 3.27. The van der Waals surface area contributed by atoms with E-state index in [0.717, 1.165) is 11.1 Å². The molecule has 0 fully saturated rings. The summed E-state index contributed by atoms with van der Waals surface area (Å²) in [5.41, 5.74) is 2.12. The molecule has 29 heavy (non-hydrogen) atoms. The molecule has 3 aromatic carbocycles. The Morgan fingerprint density at radius 1 is 0.966 bits per heavy atom. The van der Waals surface area contributed by atoms with E-state index in [-0.39, 0.29) is 17.7 Å². The summed E-state index contributed by atoms with van der Waals surface area (Å²) < 4.78 is 33.9. The lowest BCUT2D eigenvalue weighted by atomic mass is 10.1. The van der Waals surface area contributed by atoms with Crippen molar-refractivity contribution in [3.8, 4) is 11.5 Å². The van der Waals surface area contributed by atoms with Gasteiger partial charge < -0.3 is 14.6 Å². The largest absolute Gasteiger partial charge is 0.550 e. The monoisotopic (exact) mass is 410 g/mol. The molecule has 0 unspecified atom stereocenters. The van der Waals surface area contributed by atoms with Crippen LogP contribution in [0.3, 0.4) is 0 Å². The Hall–Kier alpha value is -3.32. The van der Waals surface area contributed by atoms with E-state index >= 15 is 0 Å². The van der Waals surface area contributed by atoms with E-state index in [9.17, 15) is 18.3 Å². The van der Waals surface area contributed by atoms with Crippen molar-refractivity contribution in [2.75, 3.05) is 4.72 Å². The first-order valence-electron chi connectivity index (χ1n) is 8.99. The second-order valence-electron chi connectivity index (χ2n) is 6.53. The molecule has 0 heterocycles. The highest BCUT2D eigenvalue weighted by molar-refractivity contribution is 7.92. The van der Waals surface area contributed by atoms with Crippen LogP contribution in [0, 0.1) is 6.92 Å². The molecule has 7 heteroatoms. The number of sulfonamides is 1. The number of hydrogen-bond donors (Lipinski definition) is 1. The van der Waals surface area contributed by atoms with Crippen molar-refractivity contribution < 1.29 is 23.1 Å². The highest BCUT2D eigenvalue weighted by Crippen LogP contribution is 2.31. The first-order valence-corrected chi connectivity index (χ1v) is 10.5. The molecule has 0 aromatic heterocycles. The van der Waals surface area contributed by atoms with Gasteiger partial charge in [-0.05, 0) is 61.7 Å². The van der Waals surface area contributed by atoms with Crippen molar-refractivity contribution >= 4 is 21.7 Å². The minimum Gasteiger partial charge on any atom is -0.550 e. The molecule has 3 aromatic rings. The van der Waals surface area contributed by atoms with Gasteiger partial charge in [0.2, 0.25) is 0 Å². The van der Waals surface area contributed by atoms with Crippen molar-refractivity contribution in [2.24, 2.45) is 0 Å². The van der Waals surface area contributed by atoms with Crippen molar-refractivity contribution in [3.63, 3.8) is 0 Å². The summed E-state index contributed by atoms with van der Waals surface area (Å²) >= 11 is 0. The molecule has 0 atom stereocenters. The lowest BCUT2D eigenvalue weighted by Crippen LogP contribution is -2.22. The summed E-state index contributed by atoms with van der Waals surface area (Å²) in [6.45, 7) is 1.97. The molecular weight excluding hydrogens is 390 g/mol. The third kappa shape index (κ3) is 5.58. The minimum absolute atomic E-state index is 0.0693. The van der Waals surface area contributed by atoms with Gasteiger partial charge in [0.1, 0.15) is 5.75 Å². The van der Waals surface area contributed by atoms with Gasteiger partial charge in [0, 0.05) is 5.97 Å². The van der Waals surface area contributed by atoms with Gasteiger partial charge in [-0.1, -0.05) is 42.0 Å². The van der Waals surface area contributed by atoms with E-state index in [1.807, 2.05) is 31.2 Å². The molecule has 0 amide bonds.